The first-order chi connectivity index (χ1) is 7.10. The van der Waals surface area contributed by atoms with Gasteiger partial charge in [0.2, 0.25) is 0 Å². The van der Waals surface area contributed by atoms with Gasteiger partial charge in [-0.05, 0) is 17.7 Å². The molecule has 0 heterocycles. The molecule has 0 spiro atoms. The Morgan fingerprint density at radius 1 is 1.13 bits per heavy atom. The Labute approximate surface area is 90.4 Å². The van der Waals surface area contributed by atoms with E-state index in [0.717, 1.165) is 0 Å². The second-order valence-corrected chi connectivity index (χ2v) is 3.24. The number of carbonyl (C=O) groups is 1. The molecule has 0 atom stereocenters. The zero-order valence-electron chi connectivity index (χ0n) is 9.23. The van der Waals surface area contributed by atoms with E-state index in [2.05, 4.69) is 13.8 Å². The van der Waals surface area contributed by atoms with Crippen molar-refractivity contribution >= 4 is 5.97 Å². The van der Waals surface area contributed by atoms with Gasteiger partial charge in [0.05, 0.1) is 6.42 Å². The fourth-order valence-corrected chi connectivity index (χ4v) is 0.788. The quantitative estimate of drug-likeness (QED) is 0.806. The van der Waals surface area contributed by atoms with Crippen LogP contribution >= 0.6 is 0 Å². The summed E-state index contributed by atoms with van der Waals surface area (Å²) in [6.07, 6.45) is 2.64. The summed E-state index contributed by atoms with van der Waals surface area (Å²) in [6.45, 7) is 4.36. The third kappa shape index (κ3) is 7.55. The Bertz CT molecular complexity index is 275. The van der Waals surface area contributed by atoms with Gasteiger partial charge < -0.3 is 10.2 Å². The SMILES string of the molecule is CCCC.O=C(O)Cc1ccc(O)cc1. The van der Waals surface area contributed by atoms with Gasteiger partial charge in [-0.2, -0.15) is 0 Å². The van der Waals surface area contributed by atoms with E-state index in [9.17, 15) is 4.79 Å². The zero-order valence-corrected chi connectivity index (χ0v) is 9.23. The number of aliphatic carboxylic acids is 1. The van der Waals surface area contributed by atoms with E-state index >= 15 is 0 Å². The summed E-state index contributed by atoms with van der Waals surface area (Å²) >= 11 is 0. The molecule has 84 valence electrons. The summed E-state index contributed by atoms with van der Waals surface area (Å²) in [5, 5.41) is 17.2. The van der Waals surface area contributed by atoms with Crippen LogP contribution in [0.4, 0.5) is 0 Å². The predicted molar refractivity (Wildman–Crippen MR) is 60.0 cm³/mol. The fraction of sp³-hybridized carbons (Fsp3) is 0.417. The lowest BCUT2D eigenvalue weighted by atomic mass is 10.1. The van der Waals surface area contributed by atoms with Gasteiger partial charge in [0.15, 0.2) is 0 Å². The van der Waals surface area contributed by atoms with Crippen molar-refractivity contribution in [1.82, 2.24) is 0 Å². The fourth-order valence-electron chi connectivity index (χ4n) is 0.788. The first-order valence-electron chi connectivity index (χ1n) is 5.09. The zero-order chi connectivity index (χ0) is 11.7. The molecular formula is C12H18O3. The smallest absolute Gasteiger partial charge is 0.307 e. The van der Waals surface area contributed by atoms with Crippen molar-refractivity contribution in [3.05, 3.63) is 29.8 Å². The summed E-state index contributed by atoms with van der Waals surface area (Å²) in [7, 11) is 0. The van der Waals surface area contributed by atoms with Crippen LogP contribution in [-0.4, -0.2) is 16.2 Å². The lowest BCUT2D eigenvalue weighted by molar-refractivity contribution is -0.136. The van der Waals surface area contributed by atoms with Crippen molar-refractivity contribution < 1.29 is 15.0 Å². The molecule has 0 aliphatic heterocycles. The molecule has 0 amide bonds. The monoisotopic (exact) mass is 210 g/mol. The number of aromatic hydroxyl groups is 1. The minimum Gasteiger partial charge on any atom is -0.508 e. The second kappa shape index (κ2) is 7.85. The minimum atomic E-state index is -0.865. The maximum atomic E-state index is 10.2. The first kappa shape index (κ1) is 13.5. The van der Waals surface area contributed by atoms with E-state index in [1.165, 1.54) is 25.0 Å². The van der Waals surface area contributed by atoms with Crippen molar-refractivity contribution in [2.24, 2.45) is 0 Å². The number of rotatable bonds is 3. The van der Waals surface area contributed by atoms with Crippen LogP contribution in [0.25, 0.3) is 0 Å². The van der Waals surface area contributed by atoms with Gasteiger partial charge in [-0.15, -0.1) is 0 Å². The number of hydrogen-bond donors (Lipinski definition) is 2. The standard InChI is InChI=1S/C8H8O3.C4H10/c9-7-3-1-6(2-4-7)5-8(10)11;1-3-4-2/h1-4,9H,5H2,(H,10,11);3-4H2,1-2H3. The predicted octanol–water partition coefficient (Wildman–Crippen LogP) is 2.83. The maximum Gasteiger partial charge on any atom is 0.307 e. The van der Waals surface area contributed by atoms with E-state index < -0.39 is 5.97 Å². The van der Waals surface area contributed by atoms with Crippen molar-refractivity contribution in [2.45, 2.75) is 33.1 Å². The highest BCUT2D eigenvalue weighted by molar-refractivity contribution is 5.70. The van der Waals surface area contributed by atoms with Gasteiger partial charge in [0, 0.05) is 0 Å². The maximum absolute atomic E-state index is 10.2. The van der Waals surface area contributed by atoms with Crippen molar-refractivity contribution in [3.63, 3.8) is 0 Å². The van der Waals surface area contributed by atoms with E-state index in [4.69, 9.17) is 10.2 Å². The molecule has 0 saturated carbocycles. The second-order valence-electron chi connectivity index (χ2n) is 3.24. The van der Waals surface area contributed by atoms with Gasteiger partial charge in [0.1, 0.15) is 5.75 Å². The van der Waals surface area contributed by atoms with E-state index in [1.54, 1.807) is 12.1 Å². The summed E-state index contributed by atoms with van der Waals surface area (Å²) in [5.41, 5.74) is 0.690. The number of unbranched alkanes of at least 4 members (excludes halogenated alkanes) is 1. The molecule has 1 aromatic rings. The number of phenolic OH excluding ortho intramolecular Hbond substituents is 1. The summed E-state index contributed by atoms with van der Waals surface area (Å²) in [6, 6.07) is 6.11. The topological polar surface area (TPSA) is 57.5 Å². The molecule has 3 nitrogen and oxygen atoms in total. The van der Waals surface area contributed by atoms with E-state index in [-0.39, 0.29) is 12.2 Å². The Morgan fingerprint density at radius 3 is 1.93 bits per heavy atom. The minimum absolute atomic E-state index is 0.000278. The summed E-state index contributed by atoms with van der Waals surface area (Å²) < 4.78 is 0. The summed E-state index contributed by atoms with van der Waals surface area (Å²) in [5.74, 6) is -0.713. The van der Waals surface area contributed by atoms with Crippen molar-refractivity contribution in [1.29, 1.82) is 0 Å². The number of carboxylic acids is 1. The van der Waals surface area contributed by atoms with Gasteiger partial charge in [-0.3, -0.25) is 4.79 Å². The Kier molecular flexibility index (Phi) is 7.06. The van der Waals surface area contributed by atoms with Crippen LogP contribution < -0.4 is 0 Å². The molecule has 1 rings (SSSR count). The molecule has 0 radical (unpaired) electrons. The van der Waals surface area contributed by atoms with Crippen LogP contribution in [0.2, 0.25) is 0 Å². The Balaban J connectivity index is 0.000000423. The lowest BCUT2D eigenvalue weighted by Gasteiger charge is -1.95. The first-order valence-corrected chi connectivity index (χ1v) is 5.09. The molecule has 0 saturated heterocycles. The molecule has 0 unspecified atom stereocenters. The third-order valence-corrected chi connectivity index (χ3v) is 1.79. The molecule has 3 heteroatoms. The molecule has 0 aliphatic rings. The van der Waals surface area contributed by atoms with Crippen molar-refractivity contribution in [2.75, 3.05) is 0 Å². The third-order valence-electron chi connectivity index (χ3n) is 1.79. The van der Waals surface area contributed by atoms with Gasteiger partial charge in [-0.1, -0.05) is 38.8 Å². The highest BCUT2D eigenvalue weighted by Crippen LogP contribution is 2.09. The molecule has 15 heavy (non-hydrogen) atoms. The molecule has 0 fully saturated rings. The van der Waals surface area contributed by atoms with Gasteiger partial charge in [0.25, 0.3) is 0 Å². The Morgan fingerprint density at radius 2 is 1.60 bits per heavy atom. The normalized spacial score (nSPS) is 8.93. The average molecular weight is 210 g/mol. The summed E-state index contributed by atoms with van der Waals surface area (Å²) in [4.78, 5) is 10.2. The largest absolute Gasteiger partial charge is 0.508 e. The van der Waals surface area contributed by atoms with Crippen LogP contribution in [-0.2, 0) is 11.2 Å². The Hall–Kier alpha value is -1.51. The number of carboxylic acid groups (broad SMARTS) is 1. The number of benzene rings is 1. The highest BCUT2D eigenvalue weighted by Gasteiger charge is 1.98. The molecule has 1 aromatic carbocycles. The van der Waals surface area contributed by atoms with Gasteiger partial charge in [-0.25, -0.2) is 0 Å². The van der Waals surface area contributed by atoms with Crippen LogP contribution in [0.15, 0.2) is 24.3 Å². The number of hydrogen-bond acceptors (Lipinski definition) is 2. The molecule has 0 aliphatic carbocycles. The molecular weight excluding hydrogens is 192 g/mol. The van der Waals surface area contributed by atoms with Crippen LogP contribution in [0.5, 0.6) is 5.75 Å². The average Bonchev–Trinajstić information content (AvgIpc) is 2.21. The van der Waals surface area contributed by atoms with E-state index in [0.29, 0.717) is 5.56 Å². The van der Waals surface area contributed by atoms with Crippen LogP contribution in [0.3, 0.4) is 0 Å². The lowest BCUT2D eigenvalue weighted by Crippen LogP contribution is -1.98. The van der Waals surface area contributed by atoms with Crippen LogP contribution in [0.1, 0.15) is 32.3 Å². The molecule has 0 aromatic heterocycles. The molecule has 0 bridgehead atoms. The molecule has 2 N–H and O–H groups in total. The number of phenols is 1. The van der Waals surface area contributed by atoms with Gasteiger partial charge >= 0.3 is 5.97 Å². The van der Waals surface area contributed by atoms with Crippen LogP contribution in [0, 0.1) is 0 Å². The van der Waals surface area contributed by atoms with Crippen molar-refractivity contribution in [3.8, 4) is 5.75 Å². The van der Waals surface area contributed by atoms with E-state index in [1.807, 2.05) is 0 Å². The highest BCUT2D eigenvalue weighted by atomic mass is 16.4.